The van der Waals surface area contributed by atoms with Crippen molar-refractivity contribution in [2.75, 3.05) is 6.54 Å². The number of nitrogens with one attached hydrogen (secondary N) is 2. The lowest BCUT2D eigenvalue weighted by atomic mass is 10.2. The van der Waals surface area contributed by atoms with E-state index in [4.69, 9.17) is 0 Å². The van der Waals surface area contributed by atoms with Crippen LogP contribution >= 0.6 is 11.3 Å². The van der Waals surface area contributed by atoms with Crippen LogP contribution in [0.4, 0.5) is 0 Å². The molecule has 94 valence electrons. The minimum atomic E-state index is -0.331. The van der Waals surface area contributed by atoms with Crippen molar-refractivity contribution in [2.24, 2.45) is 0 Å². The Labute approximate surface area is 107 Å². The lowest BCUT2D eigenvalue weighted by Gasteiger charge is -2.09. The van der Waals surface area contributed by atoms with Crippen LogP contribution in [0.15, 0.2) is 28.5 Å². The van der Waals surface area contributed by atoms with Crippen LogP contribution in [0.3, 0.4) is 0 Å². The van der Waals surface area contributed by atoms with Gasteiger partial charge in [0.05, 0.1) is 5.01 Å². The van der Waals surface area contributed by atoms with E-state index in [0.29, 0.717) is 6.54 Å². The summed E-state index contributed by atoms with van der Waals surface area (Å²) in [6.07, 6.45) is 1.74. The number of nitrogens with zero attached hydrogens (tertiary/aromatic N) is 2. The zero-order chi connectivity index (χ0) is 13.0. The molecule has 7 heteroatoms. The van der Waals surface area contributed by atoms with Crippen LogP contribution in [-0.4, -0.2) is 27.6 Å². The van der Waals surface area contributed by atoms with Gasteiger partial charge in [-0.05, 0) is 6.07 Å². The van der Waals surface area contributed by atoms with E-state index in [9.17, 15) is 9.59 Å². The lowest BCUT2D eigenvalue weighted by molar-refractivity contribution is 0.0945. The molecule has 0 aliphatic rings. The molecule has 0 aliphatic carbocycles. The van der Waals surface area contributed by atoms with Crippen LogP contribution < -0.4 is 10.9 Å². The molecular weight excluding hydrogens is 252 g/mol. The van der Waals surface area contributed by atoms with Crippen molar-refractivity contribution in [3.63, 3.8) is 0 Å². The van der Waals surface area contributed by atoms with Gasteiger partial charge in [-0.15, -0.1) is 11.3 Å². The van der Waals surface area contributed by atoms with Crippen molar-refractivity contribution in [1.29, 1.82) is 0 Å². The molecule has 0 aliphatic heterocycles. The number of carbonyl (C=O) groups excluding carboxylic acids is 1. The largest absolute Gasteiger partial charge is 0.350 e. The molecule has 1 unspecified atom stereocenters. The van der Waals surface area contributed by atoms with Crippen LogP contribution in [-0.2, 0) is 0 Å². The molecule has 0 saturated carbocycles. The average Bonchev–Trinajstić information content (AvgIpc) is 2.90. The van der Waals surface area contributed by atoms with Gasteiger partial charge in [0.1, 0.15) is 5.69 Å². The Bertz CT molecular complexity index is 558. The number of hydrogen-bond donors (Lipinski definition) is 2. The Hall–Kier alpha value is -2.02. The average molecular weight is 264 g/mol. The highest BCUT2D eigenvalue weighted by Crippen LogP contribution is 2.16. The Morgan fingerprint density at radius 1 is 1.56 bits per heavy atom. The number of hydrogen-bond acceptors (Lipinski definition) is 5. The highest BCUT2D eigenvalue weighted by Gasteiger charge is 2.12. The molecule has 0 bridgehead atoms. The van der Waals surface area contributed by atoms with E-state index in [1.165, 1.54) is 12.1 Å². The third kappa shape index (κ3) is 3.01. The highest BCUT2D eigenvalue weighted by molar-refractivity contribution is 7.09. The van der Waals surface area contributed by atoms with Gasteiger partial charge in [0.2, 0.25) is 0 Å². The number of H-pyrrole nitrogens is 1. The fourth-order valence-corrected chi connectivity index (χ4v) is 2.07. The maximum Gasteiger partial charge on any atom is 0.271 e. The second-order valence-corrected chi connectivity index (χ2v) is 4.71. The third-order valence-corrected chi connectivity index (χ3v) is 3.36. The van der Waals surface area contributed by atoms with Gasteiger partial charge in [-0.2, -0.15) is 5.10 Å². The Balaban J connectivity index is 1.92. The van der Waals surface area contributed by atoms with Crippen molar-refractivity contribution in [2.45, 2.75) is 12.8 Å². The zero-order valence-corrected chi connectivity index (χ0v) is 10.5. The topological polar surface area (TPSA) is 87.7 Å². The van der Waals surface area contributed by atoms with E-state index in [1.807, 2.05) is 12.3 Å². The van der Waals surface area contributed by atoms with Gasteiger partial charge in [-0.3, -0.25) is 9.59 Å². The molecule has 2 aromatic heterocycles. The molecule has 2 aromatic rings. The molecule has 0 saturated heterocycles. The van der Waals surface area contributed by atoms with Gasteiger partial charge in [0.25, 0.3) is 11.5 Å². The lowest BCUT2D eigenvalue weighted by Crippen LogP contribution is -2.29. The van der Waals surface area contributed by atoms with Crippen LogP contribution in [0.1, 0.15) is 28.3 Å². The standard InChI is InChI=1S/C11H12N4O2S/c1-7(11-12-4-5-18-11)6-13-10(17)8-2-3-9(16)15-14-8/h2-5,7H,6H2,1H3,(H,13,17)(H,15,16). The van der Waals surface area contributed by atoms with E-state index in [-0.39, 0.29) is 23.1 Å². The van der Waals surface area contributed by atoms with Crippen molar-refractivity contribution in [3.05, 3.63) is 44.8 Å². The third-order valence-electron chi connectivity index (χ3n) is 2.35. The number of aromatic amines is 1. The first-order valence-electron chi connectivity index (χ1n) is 5.40. The van der Waals surface area contributed by atoms with E-state index in [1.54, 1.807) is 17.5 Å². The fourth-order valence-electron chi connectivity index (χ4n) is 1.37. The van der Waals surface area contributed by atoms with Crippen LogP contribution in [0, 0.1) is 0 Å². The van der Waals surface area contributed by atoms with Gasteiger partial charge in [0, 0.05) is 30.1 Å². The van der Waals surface area contributed by atoms with E-state index < -0.39 is 0 Å². The maximum absolute atomic E-state index is 11.7. The van der Waals surface area contributed by atoms with Gasteiger partial charge in [-0.1, -0.05) is 6.92 Å². The second kappa shape index (κ2) is 5.54. The van der Waals surface area contributed by atoms with Crippen molar-refractivity contribution >= 4 is 17.2 Å². The Morgan fingerprint density at radius 3 is 3.00 bits per heavy atom. The Morgan fingerprint density at radius 2 is 2.39 bits per heavy atom. The Kier molecular flexibility index (Phi) is 3.83. The summed E-state index contributed by atoms with van der Waals surface area (Å²) in [5.74, 6) is -0.161. The molecule has 6 nitrogen and oxygen atoms in total. The number of aromatic nitrogens is 3. The summed E-state index contributed by atoms with van der Waals surface area (Å²) in [4.78, 5) is 26.7. The summed E-state index contributed by atoms with van der Waals surface area (Å²) in [6, 6.07) is 2.66. The minimum Gasteiger partial charge on any atom is -0.350 e. The highest BCUT2D eigenvalue weighted by atomic mass is 32.1. The molecule has 0 aromatic carbocycles. The summed E-state index contributed by atoms with van der Waals surface area (Å²) >= 11 is 1.55. The van der Waals surface area contributed by atoms with Gasteiger partial charge in [0.15, 0.2) is 0 Å². The predicted octanol–water partition coefficient (Wildman–Crippen LogP) is 0.760. The van der Waals surface area contributed by atoms with Crippen molar-refractivity contribution in [1.82, 2.24) is 20.5 Å². The van der Waals surface area contributed by atoms with E-state index >= 15 is 0 Å². The number of amides is 1. The molecule has 18 heavy (non-hydrogen) atoms. The molecule has 1 amide bonds. The molecular formula is C11H12N4O2S. The summed E-state index contributed by atoms with van der Waals surface area (Å²) in [5, 5.41) is 11.5. The first-order valence-corrected chi connectivity index (χ1v) is 6.28. The van der Waals surface area contributed by atoms with Crippen molar-refractivity contribution in [3.8, 4) is 0 Å². The number of carbonyl (C=O) groups is 1. The molecule has 0 spiro atoms. The first-order chi connectivity index (χ1) is 8.66. The normalized spacial score (nSPS) is 12.1. The number of thiazole rings is 1. The predicted molar refractivity (Wildman–Crippen MR) is 67.7 cm³/mol. The summed E-state index contributed by atoms with van der Waals surface area (Å²) in [7, 11) is 0. The smallest absolute Gasteiger partial charge is 0.271 e. The van der Waals surface area contributed by atoms with Gasteiger partial charge in [-0.25, -0.2) is 10.1 Å². The number of rotatable bonds is 4. The first kappa shape index (κ1) is 12.4. The molecule has 0 fully saturated rings. The van der Waals surface area contributed by atoms with Crippen LogP contribution in [0.2, 0.25) is 0 Å². The quantitative estimate of drug-likeness (QED) is 0.853. The molecule has 2 rings (SSSR count). The SMILES string of the molecule is CC(CNC(=O)c1ccc(=O)[nH]n1)c1nccs1. The van der Waals surface area contributed by atoms with E-state index in [2.05, 4.69) is 20.5 Å². The van der Waals surface area contributed by atoms with Gasteiger partial charge >= 0.3 is 0 Å². The summed E-state index contributed by atoms with van der Waals surface area (Å²) in [5.41, 5.74) is -0.136. The van der Waals surface area contributed by atoms with Crippen molar-refractivity contribution < 1.29 is 4.79 Å². The molecule has 0 radical (unpaired) electrons. The molecule has 1 atom stereocenters. The fraction of sp³-hybridized carbons (Fsp3) is 0.273. The second-order valence-electron chi connectivity index (χ2n) is 3.79. The summed E-state index contributed by atoms with van der Waals surface area (Å²) < 4.78 is 0. The molecule has 2 heterocycles. The van der Waals surface area contributed by atoms with Gasteiger partial charge < -0.3 is 5.32 Å². The van der Waals surface area contributed by atoms with Crippen LogP contribution in [0.25, 0.3) is 0 Å². The monoisotopic (exact) mass is 264 g/mol. The maximum atomic E-state index is 11.7. The molecule has 2 N–H and O–H groups in total. The van der Waals surface area contributed by atoms with E-state index in [0.717, 1.165) is 5.01 Å². The van der Waals surface area contributed by atoms with Crippen LogP contribution in [0.5, 0.6) is 0 Å². The zero-order valence-electron chi connectivity index (χ0n) is 9.71. The minimum absolute atomic E-state index is 0.150. The summed E-state index contributed by atoms with van der Waals surface area (Å²) in [6.45, 7) is 2.46.